The van der Waals surface area contributed by atoms with Gasteiger partial charge in [0.05, 0.1) is 13.0 Å². The Kier molecular flexibility index (Phi) is 5.46. The van der Waals surface area contributed by atoms with Crippen LogP contribution in [0.5, 0.6) is 0 Å². The van der Waals surface area contributed by atoms with Crippen LogP contribution in [-0.4, -0.2) is 30.3 Å². The van der Waals surface area contributed by atoms with Crippen molar-refractivity contribution in [3.8, 4) is 0 Å². The fraction of sp³-hybridized carbons (Fsp3) is 0.222. The van der Waals surface area contributed by atoms with E-state index in [1.165, 1.54) is 17.0 Å². The number of nitrogens with zero attached hydrogens (tertiary/aromatic N) is 1. The zero-order chi connectivity index (χ0) is 16.8. The quantitative estimate of drug-likeness (QED) is 0.922. The third kappa shape index (κ3) is 5.21. The molecule has 0 spiro atoms. The monoisotopic (exact) mass is 314 g/mol. The molecule has 0 atom stereocenters. The Morgan fingerprint density at radius 3 is 2.48 bits per heavy atom. The van der Waals surface area contributed by atoms with Crippen molar-refractivity contribution in [2.75, 3.05) is 18.9 Å². The Balaban J connectivity index is 1.87. The summed E-state index contributed by atoms with van der Waals surface area (Å²) in [4.78, 5) is 25.4. The first-order chi connectivity index (χ1) is 10.9. The van der Waals surface area contributed by atoms with Crippen molar-refractivity contribution in [3.63, 3.8) is 0 Å². The number of nitrogens with one attached hydrogen (secondary N) is 1. The molecule has 0 bridgehead atoms. The van der Waals surface area contributed by atoms with Gasteiger partial charge in [0.15, 0.2) is 0 Å². The maximum absolute atomic E-state index is 13.1. The molecule has 0 saturated carbocycles. The van der Waals surface area contributed by atoms with E-state index < -0.39 is 0 Å². The molecule has 120 valence electrons. The minimum Gasteiger partial charge on any atom is -0.336 e. The van der Waals surface area contributed by atoms with Crippen molar-refractivity contribution < 1.29 is 14.0 Å². The summed E-state index contributed by atoms with van der Waals surface area (Å²) in [6, 6.07) is 13.3. The van der Waals surface area contributed by atoms with Crippen molar-refractivity contribution in [1.29, 1.82) is 0 Å². The maximum atomic E-state index is 13.1. The second-order valence-corrected chi connectivity index (χ2v) is 5.47. The number of hydrogen-bond acceptors (Lipinski definition) is 2. The van der Waals surface area contributed by atoms with Gasteiger partial charge in [-0.1, -0.05) is 29.8 Å². The van der Waals surface area contributed by atoms with Gasteiger partial charge < -0.3 is 10.2 Å². The molecule has 2 amide bonds. The number of rotatable bonds is 5. The molecule has 0 aromatic heterocycles. The van der Waals surface area contributed by atoms with Gasteiger partial charge in [0, 0.05) is 12.7 Å². The number of benzene rings is 2. The molecule has 0 fully saturated rings. The Bertz CT molecular complexity index is 698. The summed E-state index contributed by atoms with van der Waals surface area (Å²) >= 11 is 0. The maximum Gasteiger partial charge on any atom is 0.243 e. The molecule has 0 aliphatic rings. The summed E-state index contributed by atoms with van der Waals surface area (Å²) in [5.74, 6) is -0.895. The highest BCUT2D eigenvalue weighted by Crippen LogP contribution is 2.09. The van der Waals surface area contributed by atoms with Gasteiger partial charge in [-0.15, -0.1) is 0 Å². The van der Waals surface area contributed by atoms with Crippen LogP contribution in [0.2, 0.25) is 0 Å². The largest absolute Gasteiger partial charge is 0.336 e. The minimum absolute atomic E-state index is 0.0535. The van der Waals surface area contributed by atoms with Crippen molar-refractivity contribution in [1.82, 2.24) is 4.90 Å². The van der Waals surface area contributed by atoms with Crippen molar-refractivity contribution in [3.05, 3.63) is 65.5 Å². The molecule has 0 heterocycles. The smallest absolute Gasteiger partial charge is 0.243 e. The van der Waals surface area contributed by atoms with E-state index in [4.69, 9.17) is 0 Å². The van der Waals surface area contributed by atoms with Crippen molar-refractivity contribution >= 4 is 17.5 Å². The van der Waals surface area contributed by atoms with E-state index in [2.05, 4.69) is 5.32 Å². The van der Waals surface area contributed by atoms with Gasteiger partial charge in [-0.3, -0.25) is 9.59 Å². The summed E-state index contributed by atoms with van der Waals surface area (Å²) in [7, 11) is 1.55. The highest BCUT2D eigenvalue weighted by Gasteiger charge is 2.14. The number of halogens is 1. The normalized spacial score (nSPS) is 10.2. The Morgan fingerprint density at radius 2 is 1.83 bits per heavy atom. The van der Waals surface area contributed by atoms with Gasteiger partial charge in [-0.05, 0) is 36.8 Å². The van der Waals surface area contributed by atoms with Crippen LogP contribution in [-0.2, 0) is 16.0 Å². The molecular weight excluding hydrogens is 295 g/mol. The van der Waals surface area contributed by atoms with Gasteiger partial charge in [0.1, 0.15) is 5.82 Å². The number of hydrogen-bond donors (Lipinski definition) is 1. The number of anilines is 1. The highest BCUT2D eigenvalue weighted by atomic mass is 19.1. The molecule has 4 nitrogen and oxygen atoms in total. The van der Waals surface area contributed by atoms with E-state index in [1.807, 2.05) is 31.2 Å². The Morgan fingerprint density at radius 1 is 1.13 bits per heavy atom. The van der Waals surface area contributed by atoms with Gasteiger partial charge >= 0.3 is 0 Å². The molecule has 1 N–H and O–H groups in total. The highest BCUT2D eigenvalue weighted by molar-refractivity contribution is 5.94. The van der Waals surface area contributed by atoms with E-state index >= 15 is 0 Å². The van der Waals surface area contributed by atoms with Crippen LogP contribution in [0.15, 0.2) is 48.5 Å². The summed E-state index contributed by atoms with van der Waals surface area (Å²) in [5.41, 5.74) is 2.37. The molecule has 2 aromatic carbocycles. The number of carbonyl (C=O) groups excluding carboxylic acids is 2. The first-order valence-electron chi connectivity index (χ1n) is 7.29. The third-order valence-corrected chi connectivity index (χ3v) is 3.39. The summed E-state index contributed by atoms with van der Waals surface area (Å²) in [6.45, 7) is 1.91. The number of carbonyl (C=O) groups is 2. The van der Waals surface area contributed by atoms with Crippen LogP contribution < -0.4 is 5.32 Å². The van der Waals surface area contributed by atoms with E-state index in [-0.39, 0.29) is 30.6 Å². The van der Waals surface area contributed by atoms with Crippen LogP contribution in [0.25, 0.3) is 0 Å². The SMILES string of the molecule is Cc1ccc(NC(=O)CN(C)C(=O)Cc2cccc(F)c2)cc1. The Hall–Kier alpha value is -2.69. The average molecular weight is 314 g/mol. The fourth-order valence-corrected chi connectivity index (χ4v) is 2.10. The van der Waals surface area contributed by atoms with Crippen molar-refractivity contribution in [2.45, 2.75) is 13.3 Å². The number of likely N-dealkylation sites (N-methyl/N-ethyl adjacent to an activating group) is 1. The van der Waals surface area contributed by atoms with Gasteiger partial charge in [0.25, 0.3) is 0 Å². The van der Waals surface area contributed by atoms with Gasteiger partial charge in [-0.25, -0.2) is 4.39 Å². The molecule has 0 aliphatic heterocycles. The van der Waals surface area contributed by atoms with E-state index in [0.29, 0.717) is 11.3 Å². The van der Waals surface area contributed by atoms with Crippen LogP contribution in [0.3, 0.4) is 0 Å². The first-order valence-corrected chi connectivity index (χ1v) is 7.29. The zero-order valence-corrected chi connectivity index (χ0v) is 13.2. The first kappa shape index (κ1) is 16.7. The van der Waals surface area contributed by atoms with Crippen LogP contribution in [0.4, 0.5) is 10.1 Å². The average Bonchev–Trinajstić information content (AvgIpc) is 2.49. The molecule has 0 aliphatic carbocycles. The van der Waals surface area contributed by atoms with Gasteiger partial charge in [-0.2, -0.15) is 0 Å². The fourth-order valence-electron chi connectivity index (χ4n) is 2.10. The zero-order valence-electron chi connectivity index (χ0n) is 13.2. The molecule has 0 radical (unpaired) electrons. The molecule has 5 heteroatoms. The lowest BCUT2D eigenvalue weighted by Crippen LogP contribution is -2.35. The second-order valence-electron chi connectivity index (χ2n) is 5.47. The summed E-state index contributed by atoms with van der Waals surface area (Å²) < 4.78 is 13.1. The van der Waals surface area contributed by atoms with E-state index in [9.17, 15) is 14.0 Å². The summed E-state index contributed by atoms with van der Waals surface area (Å²) in [5, 5.41) is 2.74. The number of aryl methyl sites for hydroxylation is 1. The Labute approximate surface area is 134 Å². The number of amides is 2. The summed E-state index contributed by atoms with van der Waals surface area (Å²) in [6.07, 6.45) is 0.0616. The molecule has 2 aromatic rings. The molecule has 23 heavy (non-hydrogen) atoms. The topological polar surface area (TPSA) is 49.4 Å². The van der Waals surface area contributed by atoms with E-state index in [0.717, 1.165) is 5.56 Å². The second kappa shape index (κ2) is 7.54. The lowest BCUT2D eigenvalue weighted by molar-refractivity contribution is -0.132. The molecule has 2 rings (SSSR count). The molecule has 0 saturated heterocycles. The molecular formula is C18H19FN2O2. The minimum atomic E-state index is -0.380. The third-order valence-electron chi connectivity index (χ3n) is 3.39. The van der Waals surface area contributed by atoms with Gasteiger partial charge in [0.2, 0.25) is 11.8 Å². The molecule has 0 unspecified atom stereocenters. The van der Waals surface area contributed by atoms with E-state index in [1.54, 1.807) is 19.2 Å². The van der Waals surface area contributed by atoms with Crippen LogP contribution >= 0.6 is 0 Å². The van der Waals surface area contributed by atoms with Crippen LogP contribution in [0.1, 0.15) is 11.1 Å². The van der Waals surface area contributed by atoms with Crippen molar-refractivity contribution in [2.24, 2.45) is 0 Å². The lowest BCUT2D eigenvalue weighted by atomic mass is 10.1. The lowest BCUT2D eigenvalue weighted by Gasteiger charge is -2.17. The van der Waals surface area contributed by atoms with Crippen LogP contribution in [0, 0.1) is 12.7 Å². The predicted molar refractivity (Wildman–Crippen MR) is 87.5 cm³/mol. The predicted octanol–water partition coefficient (Wildman–Crippen LogP) is 2.77. The standard InChI is InChI=1S/C18H19FN2O2/c1-13-6-8-16(9-7-13)20-17(22)12-21(2)18(23)11-14-4-3-5-15(19)10-14/h3-10H,11-12H2,1-2H3,(H,20,22).